The second-order valence-corrected chi connectivity index (χ2v) is 4.14. The van der Waals surface area contributed by atoms with Crippen LogP contribution in [0.5, 0.6) is 0 Å². The van der Waals surface area contributed by atoms with Crippen LogP contribution >= 0.6 is 0 Å². The minimum atomic E-state index is -0.516. The van der Waals surface area contributed by atoms with Crippen LogP contribution in [-0.2, 0) is 16.1 Å². The van der Waals surface area contributed by atoms with E-state index in [1.54, 1.807) is 17.7 Å². The van der Waals surface area contributed by atoms with E-state index in [1.807, 2.05) is 24.3 Å². The molecule has 0 unspecified atom stereocenters. The van der Waals surface area contributed by atoms with Crippen molar-refractivity contribution in [2.24, 2.45) is 0 Å². The molecule has 6 nitrogen and oxygen atoms in total. The van der Waals surface area contributed by atoms with E-state index in [0.29, 0.717) is 12.2 Å². The summed E-state index contributed by atoms with van der Waals surface area (Å²) in [4.78, 5) is 21.5. The monoisotopic (exact) mass is 274 g/mol. The largest absolute Gasteiger partial charge is 0.465 e. The molecule has 2 aromatic rings. The van der Waals surface area contributed by atoms with Crippen molar-refractivity contribution in [3.63, 3.8) is 0 Å². The van der Waals surface area contributed by atoms with Gasteiger partial charge in [0.05, 0.1) is 11.5 Å². The van der Waals surface area contributed by atoms with E-state index in [2.05, 4.69) is 0 Å². The summed E-state index contributed by atoms with van der Waals surface area (Å²) in [6.45, 7) is 2.16. The maximum Gasteiger partial charge on any atom is 0.325 e. The molecule has 1 aromatic heterocycles. The second-order valence-electron chi connectivity index (χ2n) is 4.14. The van der Waals surface area contributed by atoms with Crippen LogP contribution < -0.4 is 0 Å². The third-order valence-electron chi connectivity index (χ3n) is 2.80. The molecule has 0 fully saturated rings. The van der Waals surface area contributed by atoms with Crippen LogP contribution in [0.15, 0.2) is 36.7 Å². The Balaban J connectivity index is 2.40. The average Bonchev–Trinajstić information content (AvgIpc) is 2.75. The van der Waals surface area contributed by atoms with Gasteiger partial charge in [-0.3, -0.25) is 14.9 Å². The number of nitro groups is 1. The first-order valence-corrected chi connectivity index (χ1v) is 6.17. The summed E-state index contributed by atoms with van der Waals surface area (Å²) in [5.41, 5.74) is 1.53. The lowest BCUT2D eigenvalue weighted by atomic mass is 10.2. The van der Waals surface area contributed by atoms with Gasteiger partial charge < -0.3 is 9.30 Å². The highest BCUT2D eigenvalue weighted by Crippen LogP contribution is 2.22. The van der Waals surface area contributed by atoms with Gasteiger partial charge in [0.25, 0.3) is 0 Å². The van der Waals surface area contributed by atoms with E-state index >= 15 is 0 Å². The van der Waals surface area contributed by atoms with Crippen LogP contribution in [0, 0.1) is 10.1 Å². The predicted octanol–water partition coefficient (Wildman–Crippen LogP) is 2.45. The molecule has 0 bridgehead atoms. The molecule has 0 aliphatic rings. The third kappa shape index (κ3) is 3.03. The van der Waals surface area contributed by atoms with E-state index in [9.17, 15) is 14.9 Å². The molecule has 20 heavy (non-hydrogen) atoms. The van der Waals surface area contributed by atoms with Crippen LogP contribution in [0.3, 0.4) is 0 Å². The van der Waals surface area contributed by atoms with Gasteiger partial charge in [0.15, 0.2) is 0 Å². The van der Waals surface area contributed by atoms with Gasteiger partial charge in [0.2, 0.25) is 6.20 Å². The number of benzene rings is 1. The molecule has 1 heterocycles. The topological polar surface area (TPSA) is 74.4 Å². The van der Waals surface area contributed by atoms with Gasteiger partial charge >= 0.3 is 5.97 Å². The Morgan fingerprint density at radius 1 is 1.45 bits per heavy atom. The fourth-order valence-corrected chi connectivity index (χ4v) is 2.03. The number of fused-ring (bicyclic) bond motifs is 1. The molecule has 0 aliphatic heterocycles. The summed E-state index contributed by atoms with van der Waals surface area (Å²) in [5.74, 6) is -0.335. The molecule has 2 rings (SSSR count). The molecule has 0 aliphatic carbocycles. The van der Waals surface area contributed by atoms with Crippen molar-refractivity contribution in [1.82, 2.24) is 4.57 Å². The summed E-state index contributed by atoms with van der Waals surface area (Å²) in [6.07, 6.45) is 4.02. The number of carbonyl (C=O) groups is 1. The lowest BCUT2D eigenvalue weighted by Gasteiger charge is -2.04. The predicted molar refractivity (Wildman–Crippen MR) is 74.6 cm³/mol. The Labute approximate surface area is 115 Å². The van der Waals surface area contributed by atoms with E-state index < -0.39 is 4.92 Å². The van der Waals surface area contributed by atoms with Crippen LogP contribution in [0.2, 0.25) is 0 Å². The normalized spacial score (nSPS) is 11.1. The maximum atomic E-state index is 11.6. The SMILES string of the molecule is CCOC(=O)Cn1cc(/C=C/[N+](=O)[O-])c2ccccc21. The molecule has 0 atom stereocenters. The lowest BCUT2D eigenvalue weighted by molar-refractivity contribution is -0.400. The van der Waals surface area contributed by atoms with Crippen molar-refractivity contribution >= 4 is 22.9 Å². The van der Waals surface area contributed by atoms with Crippen molar-refractivity contribution in [3.8, 4) is 0 Å². The number of aromatic nitrogens is 1. The Bertz CT molecular complexity index is 673. The van der Waals surface area contributed by atoms with Crippen molar-refractivity contribution in [1.29, 1.82) is 0 Å². The summed E-state index contributed by atoms with van der Waals surface area (Å²) in [7, 11) is 0. The molecule has 0 saturated carbocycles. The summed E-state index contributed by atoms with van der Waals surface area (Å²) < 4.78 is 6.65. The molecule has 1 aromatic carbocycles. The summed E-state index contributed by atoms with van der Waals surface area (Å²) in [5, 5.41) is 11.3. The van der Waals surface area contributed by atoms with Gasteiger partial charge in [0, 0.05) is 28.7 Å². The summed E-state index contributed by atoms with van der Waals surface area (Å²) in [6, 6.07) is 7.42. The highest BCUT2D eigenvalue weighted by atomic mass is 16.6. The zero-order chi connectivity index (χ0) is 14.5. The number of hydrogen-bond acceptors (Lipinski definition) is 4. The van der Waals surface area contributed by atoms with Gasteiger partial charge in [-0.2, -0.15) is 0 Å². The van der Waals surface area contributed by atoms with Crippen LogP contribution in [0.25, 0.3) is 17.0 Å². The Morgan fingerprint density at radius 2 is 2.20 bits per heavy atom. The number of carbonyl (C=O) groups excluding carboxylic acids is 1. The average molecular weight is 274 g/mol. The Morgan fingerprint density at radius 3 is 2.90 bits per heavy atom. The highest BCUT2D eigenvalue weighted by Gasteiger charge is 2.10. The van der Waals surface area contributed by atoms with Gasteiger partial charge in [-0.25, -0.2) is 0 Å². The molecule has 0 spiro atoms. The molecular formula is C14H14N2O4. The molecule has 0 saturated heterocycles. The molecule has 0 amide bonds. The minimum Gasteiger partial charge on any atom is -0.465 e. The van der Waals surface area contributed by atoms with Gasteiger partial charge in [0.1, 0.15) is 6.54 Å². The second kappa shape index (κ2) is 6.01. The van der Waals surface area contributed by atoms with Crippen molar-refractivity contribution < 1.29 is 14.5 Å². The first-order valence-electron chi connectivity index (χ1n) is 6.17. The van der Waals surface area contributed by atoms with Crippen LogP contribution in [0.4, 0.5) is 0 Å². The van der Waals surface area contributed by atoms with E-state index in [0.717, 1.165) is 17.1 Å². The third-order valence-corrected chi connectivity index (χ3v) is 2.80. The van der Waals surface area contributed by atoms with Crippen molar-refractivity contribution in [3.05, 3.63) is 52.3 Å². The summed E-state index contributed by atoms with van der Waals surface area (Å²) >= 11 is 0. The van der Waals surface area contributed by atoms with Crippen molar-refractivity contribution in [2.45, 2.75) is 13.5 Å². The first-order chi connectivity index (χ1) is 9.61. The molecule has 6 heteroatoms. The number of ether oxygens (including phenoxy) is 1. The molecule has 0 radical (unpaired) electrons. The number of hydrogen-bond donors (Lipinski definition) is 0. The number of para-hydroxylation sites is 1. The van der Waals surface area contributed by atoms with Gasteiger partial charge in [-0.15, -0.1) is 0 Å². The Hall–Kier alpha value is -2.63. The maximum absolute atomic E-state index is 11.6. The van der Waals surface area contributed by atoms with Gasteiger partial charge in [-0.1, -0.05) is 18.2 Å². The van der Waals surface area contributed by atoms with E-state index in [4.69, 9.17) is 4.74 Å². The quantitative estimate of drug-likeness (QED) is 0.477. The molecule has 0 N–H and O–H groups in total. The highest BCUT2D eigenvalue weighted by molar-refractivity contribution is 5.90. The smallest absolute Gasteiger partial charge is 0.325 e. The van der Waals surface area contributed by atoms with Gasteiger partial charge in [-0.05, 0) is 13.0 Å². The number of nitrogens with zero attached hydrogens (tertiary/aromatic N) is 2. The number of rotatable bonds is 5. The standard InChI is InChI=1S/C14H14N2O4/c1-2-20-14(17)10-15-9-11(7-8-16(18)19)12-5-3-4-6-13(12)15/h3-9H,2,10H2,1H3/b8-7+. The zero-order valence-corrected chi connectivity index (χ0v) is 11.0. The van der Waals surface area contributed by atoms with Crippen molar-refractivity contribution in [2.75, 3.05) is 6.61 Å². The van der Waals surface area contributed by atoms with Crippen LogP contribution in [-0.4, -0.2) is 22.1 Å². The number of esters is 1. The fourth-order valence-electron chi connectivity index (χ4n) is 2.03. The fraction of sp³-hybridized carbons (Fsp3) is 0.214. The van der Waals surface area contributed by atoms with E-state index in [-0.39, 0.29) is 12.5 Å². The minimum absolute atomic E-state index is 0.0840. The first kappa shape index (κ1) is 13.8. The molecule has 104 valence electrons. The molecular weight excluding hydrogens is 260 g/mol. The zero-order valence-electron chi connectivity index (χ0n) is 11.0. The van der Waals surface area contributed by atoms with E-state index in [1.165, 1.54) is 6.08 Å². The lowest BCUT2D eigenvalue weighted by Crippen LogP contribution is -2.12. The Kier molecular flexibility index (Phi) is 4.14. The van der Waals surface area contributed by atoms with Crippen LogP contribution in [0.1, 0.15) is 12.5 Å².